The summed E-state index contributed by atoms with van der Waals surface area (Å²) >= 11 is 7.09. The number of aryl methyl sites for hydroxylation is 1. The maximum Gasteiger partial charge on any atom is 0.133 e. The van der Waals surface area contributed by atoms with Gasteiger partial charge in [0.1, 0.15) is 10.5 Å². The Labute approximate surface area is 111 Å². The molecule has 0 unspecified atom stereocenters. The summed E-state index contributed by atoms with van der Waals surface area (Å²) in [4.78, 5) is 9.17. The summed E-state index contributed by atoms with van der Waals surface area (Å²) in [6.07, 6.45) is 0. The second-order valence-electron chi connectivity index (χ2n) is 4.47. The highest BCUT2D eigenvalue weighted by atomic mass is 32.1. The summed E-state index contributed by atoms with van der Waals surface area (Å²) in [6, 6.07) is 2.14. The van der Waals surface area contributed by atoms with E-state index in [0.29, 0.717) is 10.6 Å². The molecule has 2 nitrogen and oxygen atoms in total. The minimum absolute atomic E-state index is 0.356. The number of H-pyrrole nitrogens is 1. The fourth-order valence-corrected chi connectivity index (χ4v) is 2.64. The van der Waals surface area contributed by atoms with E-state index in [4.69, 9.17) is 12.2 Å². The van der Waals surface area contributed by atoms with Crippen molar-refractivity contribution in [1.82, 2.24) is 9.97 Å². The number of nitrogens with one attached hydrogen (secondary N) is 1. The average Bonchev–Trinajstić information content (AvgIpc) is 2.68. The summed E-state index contributed by atoms with van der Waals surface area (Å²) in [7, 11) is 0. The molecule has 0 fully saturated rings. The molecular formula is C13H16N2S2. The van der Waals surface area contributed by atoms with E-state index in [2.05, 4.69) is 42.2 Å². The SMILES string of the molecule is Cc1sccc1-c1[nH]c(C(C)C)nc(=S)c1C. The zero-order valence-electron chi connectivity index (χ0n) is 10.5. The number of thiophene rings is 1. The van der Waals surface area contributed by atoms with Crippen LogP contribution in [0.4, 0.5) is 0 Å². The average molecular weight is 264 g/mol. The Kier molecular flexibility index (Phi) is 3.45. The van der Waals surface area contributed by atoms with Crippen molar-refractivity contribution < 1.29 is 0 Å². The van der Waals surface area contributed by atoms with Crippen molar-refractivity contribution in [2.45, 2.75) is 33.6 Å². The first kappa shape index (κ1) is 12.5. The molecule has 17 heavy (non-hydrogen) atoms. The smallest absolute Gasteiger partial charge is 0.133 e. The molecule has 0 aliphatic heterocycles. The number of aromatic nitrogens is 2. The number of hydrogen-bond donors (Lipinski definition) is 1. The number of rotatable bonds is 2. The molecule has 0 spiro atoms. The molecule has 0 saturated heterocycles. The second kappa shape index (κ2) is 4.70. The lowest BCUT2D eigenvalue weighted by molar-refractivity contribution is 0.770. The first-order valence-electron chi connectivity index (χ1n) is 5.66. The summed E-state index contributed by atoms with van der Waals surface area (Å²) in [5.41, 5.74) is 3.42. The highest BCUT2D eigenvalue weighted by molar-refractivity contribution is 7.71. The van der Waals surface area contributed by atoms with Gasteiger partial charge in [0.25, 0.3) is 0 Å². The van der Waals surface area contributed by atoms with Crippen LogP contribution >= 0.6 is 23.6 Å². The largest absolute Gasteiger partial charge is 0.343 e. The Morgan fingerprint density at radius 1 is 1.35 bits per heavy atom. The molecule has 0 bridgehead atoms. The normalized spacial score (nSPS) is 11.1. The zero-order chi connectivity index (χ0) is 12.6. The standard InChI is InChI=1S/C13H16N2S2/c1-7(2)12-14-11(8(3)13(16)15-12)10-5-6-17-9(10)4/h5-7H,1-4H3,(H,14,15,16). The van der Waals surface area contributed by atoms with Crippen LogP contribution in [0.25, 0.3) is 11.3 Å². The van der Waals surface area contributed by atoms with Crippen LogP contribution in [-0.4, -0.2) is 9.97 Å². The van der Waals surface area contributed by atoms with E-state index in [1.165, 1.54) is 10.4 Å². The van der Waals surface area contributed by atoms with Gasteiger partial charge in [0, 0.05) is 21.9 Å². The van der Waals surface area contributed by atoms with Crippen LogP contribution in [0, 0.1) is 18.5 Å². The van der Waals surface area contributed by atoms with Crippen molar-refractivity contribution in [1.29, 1.82) is 0 Å². The zero-order valence-corrected chi connectivity index (χ0v) is 12.1. The van der Waals surface area contributed by atoms with Crippen LogP contribution in [0.2, 0.25) is 0 Å². The monoisotopic (exact) mass is 264 g/mol. The Morgan fingerprint density at radius 2 is 2.06 bits per heavy atom. The molecule has 2 rings (SSSR count). The molecule has 4 heteroatoms. The van der Waals surface area contributed by atoms with Crippen molar-refractivity contribution in [3.05, 3.63) is 32.4 Å². The van der Waals surface area contributed by atoms with Crippen molar-refractivity contribution in [3.8, 4) is 11.3 Å². The van der Waals surface area contributed by atoms with Crippen molar-refractivity contribution in [2.24, 2.45) is 0 Å². The quantitative estimate of drug-likeness (QED) is 0.803. The van der Waals surface area contributed by atoms with Gasteiger partial charge in [0.2, 0.25) is 0 Å². The third-order valence-corrected chi connectivity index (χ3v) is 4.09. The van der Waals surface area contributed by atoms with Gasteiger partial charge in [-0.05, 0) is 25.3 Å². The van der Waals surface area contributed by atoms with Crippen LogP contribution < -0.4 is 0 Å². The molecule has 2 aromatic heterocycles. The maximum atomic E-state index is 5.34. The fraction of sp³-hybridized carbons (Fsp3) is 0.385. The summed E-state index contributed by atoms with van der Waals surface area (Å²) in [5.74, 6) is 1.32. The summed E-state index contributed by atoms with van der Waals surface area (Å²) < 4.78 is 0.702. The lowest BCUT2D eigenvalue weighted by Gasteiger charge is -2.11. The van der Waals surface area contributed by atoms with E-state index < -0.39 is 0 Å². The van der Waals surface area contributed by atoms with Crippen molar-refractivity contribution in [3.63, 3.8) is 0 Å². The Morgan fingerprint density at radius 3 is 2.59 bits per heavy atom. The Bertz CT molecular complexity index is 594. The summed E-state index contributed by atoms with van der Waals surface area (Å²) in [6.45, 7) is 8.40. The molecule has 0 aliphatic rings. The van der Waals surface area contributed by atoms with Gasteiger partial charge >= 0.3 is 0 Å². The molecule has 90 valence electrons. The molecule has 0 amide bonds. The minimum atomic E-state index is 0.356. The molecule has 0 aliphatic carbocycles. The highest BCUT2D eigenvalue weighted by Gasteiger charge is 2.11. The topological polar surface area (TPSA) is 28.7 Å². The van der Waals surface area contributed by atoms with Crippen LogP contribution in [-0.2, 0) is 0 Å². The molecule has 2 aromatic rings. The maximum absolute atomic E-state index is 5.34. The number of nitrogens with zero attached hydrogens (tertiary/aromatic N) is 1. The van der Waals surface area contributed by atoms with E-state index >= 15 is 0 Å². The highest BCUT2D eigenvalue weighted by Crippen LogP contribution is 2.29. The van der Waals surface area contributed by atoms with Gasteiger partial charge in [-0.25, -0.2) is 4.98 Å². The van der Waals surface area contributed by atoms with Gasteiger partial charge in [0.05, 0.1) is 5.69 Å². The predicted molar refractivity (Wildman–Crippen MR) is 76.3 cm³/mol. The third-order valence-electron chi connectivity index (χ3n) is 2.85. The number of hydrogen-bond acceptors (Lipinski definition) is 3. The van der Waals surface area contributed by atoms with Gasteiger partial charge < -0.3 is 4.98 Å². The van der Waals surface area contributed by atoms with Gasteiger partial charge in [-0.2, -0.15) is 0 Å². The van der Waals surface area contributed by atoms with Crippen LogP contribution in [0.15, 0.2) is 11.4 Å². The van der Waals surface area contributed by atoms with E-state index in [0.717, 1.165) is 17.1 Å². The number of aromatic amines is 1. The second-order valence-corrected chi connectivity index (χ2v) is 5.98. The van der Waals surface area contributed by atoms with Crippen LogP contribution in [0.3, 0.4) is 0 Å². The molecule has 0 atom stereocenters. The molecule has 2 heterocycles. The lowest BCUT2D eigenvalue weighted by Crippen LogP contribution is -2.02. The van der Waals surface area contributed by atoms with Gasteiger partial charge in [-0.15, -0.1) is 11.3 Å². The minimum Gasteiger partial charge on any atom is -0.343 e. The predicted octanol–water partition coefficient (Wildman–Crippen LogP) is 4.61. The van der Waals surface area contributed by atoms with E-state index in [9.17, 15) is 0 Å². The Hall–Kier alpha value is -1.00. The Balaban J connectivity index is 2.69. The van der Waals surface area contributed by atoms with Crippen LogP contribution in [0.1, 0.15) is 36.0 Å². The fourth-order valence-electron chi connectivity index (χ4n) is 1.74. The van der Waals surface area contributed by atoms with E-state index in [-0.39, 0.29) is 0 Å². The molecule has 1 N–H and O–H groups in total. The molecule has 0 saturated carbocycles. The van der Waals surface area contributed by atoms with E-state index in [1.54, 1.807) is 11.3 Å². The van der Waals surface area contributed by atoms with Crippen LogP contribution in [0.5, 0.6) is 0 Å². The lowest BCUT2D eigenvalue weighted by atomic mass is 10.1. The van der Waals surface area contributed by atoms with Crippen molar-refractivity contribution >= 4 is 23.6 Å². The molecular weight excluding hydrogens is 248 g/mol. The van der Waals surface area contributed by atoms with Crippen molar-refractivity contribution in [2.75, 3.05) is 0 Å². The van der Waals surface area contributed by atoms with Gasteiger partial charge in [-0.3, -0.25) is 0 Å². The molecule has 0 aromatic carbocycles. The summed E-state index contributed by atoms with van der Waals surface area (Å²) in [5, 5.41) is 2.11. The van der Waals surface area contributed by atoms with Gasteiger partial charge in [0.15, 0.2) is 0 Å². The van der Waals surface area contributed by atoms with E-state index in [1.807, 2.05) is 6.92 Å². The first-order chi connectivity index (χ1) is 8.00. The first-order valence-corrected chi connectivity index (χ1v) is 6.94. The van der Waals surface area contributed by atoms with Gasteiger partial charge in [-0.1, -0.05) is 26.1 Å². The third kappa shape index (κ3) is 2.33. The molecule has 0 radical (unpaired) electrons.